The molecule has 1 amide bonds. The fourth-order valence-corrected chi connectivity index (χ4v) is 3.28. The van der Waals surface area contributed by atoms with Crippen molar-refractivity contribution in [2.45, 2.75) is 32.4 Å². The second-order valence-corrected chi connectivity index (χ2v) is 6.44. The number of aromatic nitrogens is 3. The van der Waals surface area contributed by atoms with E-state index in [1.807, 2.05) is 19.2 Å². The van der Waals surface area contributed by atoms with Crippen LogP contribution in [-0.2, 0) is 11.3 Å². The molecule has 1 unspecified atom stereocenters. The predicted molar refractivity (Wildman–Crippen MR) is 98.8 cm³/mol. The number of ether oxygens (including phenoxy) is 1. The molecule has 3 rings (SSSR count). The molecule has 26 heavy (non-hydrogen) atoms. The van der Waals surface area contributed by atoms with Gasteiger partial charge in [-0.25, -0.2) is 0 Å². The molecule has 3 heterocycles. The molecule has 0 bridgehead atoms. The molecule has 140 valence electrons. The highest BCUT2D eigenvalue weighted by molar-refractivity contribution is 5.93. The van der Waals surface area contributed by atoms with Crippen LogP contribution < -0.4 is 5.32 Å². The van der Waals surface area contributed by atoms with E-state index in [4.69, 9.17) is 4.74 Å². The third kappa shape index (κ3) is 4.89. The van der Waals surface area contributed by atoms with Gasteiger partial charge in [-0.05, 0) is 44.5 Å². The Morgan fingerprint density at radius 1 is 1.35 bits per heavy atom. The van der Waals surface area contributed by atoms with E-state index < -0.39 is 0 Å². The van der Waals surface area contributed by atoms with Crippen molar-refractivity contribution in [3.63, 3.8) is 0 Å². The van der Waals surface area contributed by atoms with Gasteiger partial charge in [-0.1, -0.05) is 6.07 Å². The Morgan fingerprint density at radius 3 is 2.92 bits per heavy atom. The maximum atomic E-state index is 12.5. The lowest BCUT2D eigenvalue weighted by Crippen LogP contribution is -2.36. The summed E-state index contributed by atoms with van der Waals surface area (Å²) in [6.07, 6.45) is 9.45. The molecule has 2 aromatic heterocycles. The highest BCUT2D eigenvalue weighted by atomic mass is 16.5. The fraction of sp³-hybridized carbons (Fsp3) is 0.526. The highest BCUT2D eigenvalue weighted by Crippen LogP contribution is 2.24. The molecular weight excluding hydrogens is 330 g/mol. The first-order chi connectivity index (χ1) is 12.8. The van der Waals surface area contributed by atoms with Crippen molar-refractivity contribution in [1.82, 2.24) is 25.0 Å². The van der Waals surface area contributed by atoms with Gasteiger partial charge in [0.25, 0.3) is 5.91 Å². The Balaban J connectivity index is 1.59. The van der Waals surface area contributed by atoms with Gasteiger partial charge in [-0.3, -0.25) is 19.4 Å². The van der Waals surface area contributed by atoms with Crippen LogP contribution in [0.1, 0.15) is 41.7 Å². The van der Waals surface area contributed by atoms with Crippen molar-refractivity contribution >= 4 is 5.91 Å². The quantitative estimate of drug-likeness (QED) is 0.694. The molecule has 2 aromatic rings. The van der Waals surface area contributed by atoms with Crippen LogP contribution in [0, 0.1) is 0 Å². The van der Waals surface area contributed by atoms with E-state index in [2.05, 4.69) is 26.4 Å². The number of likely N-dealkylation sites (tertiary alicyclic amines) is 1. The number of hydrogen-bond donors (Lipinski definition) is 1. The second kappa shape index (κ2) is 9.45. The van der Waals surface area contributed by atoms with Gasteiger partial charge in [0.2, 0.25) is 0 Å². The van der Waals surface area contributed by atoms with Crippen molar-refractivity contribution < 1.29 is 9.53 Å². The molecule has 1 saturated heterocycles. The molecule has 1 atom stereocenters. The summed E-state index contributed by atoms with van der Waals surface area (Å²) in [7, 11) is 0. The average molecular weight is 357 g/mol. The van der Waals surface area contributed by atoms with Crippen LogP contribution in [0.4, 0.5) is 0 Å². The average Bonchev–Trinajstić information content (AvgIpc) is 3.35. The Labute approximate surface area is 154 Å². The van der Waals surface area contributed by atoms with Crippen LogP contribution in [0.5, 0.6) is 0 Å². The minimum absolute atomic E-state index is 0.0965. The van der Waals surface area contributed by atoms with E-state index >= 15 is 0 Å². The summed E-state index contributed by atoms with van der Waals surface area (Å²) in [5.74, 6) is -0.0965. The summed E-state index contributed by atoms with van der Waals surface area (Å²) in [6.45, 7) is 6.57. The van der Waals surface area contributed by atoms with Crippen LogP contribution in [0.2, 0.25) is 0 Å². The zero-order valence-corrected chi connectivity index (χ0v) is 15.3. The predicted octanol–water partition coefficient (Wildman–Crippen LogP) is 1.88. The van der Waals surface area contributed by atoms with E-state index in [0.29, 0.717) is 31.9 Å². The van der Waals surface area contributed by atoms with Crippen LogP contribution in [-0.4, -0.2) is 58.4 Å². The van der Waals surface area contributed by atoms with E-state index in [-0.39, 0.29) is 11.9 Å². The molecule has 1 aliphatic rings. The van der Waals surface area contributed by atoms with Crippen molar-refractivity contribution in [3.8, 4) is 0 Å². The standard InChI is InChI=1S/C19H27N5O2/c1-2-26-11-10-24-15-17(13-22-24)19(25)21-14-18(23-8-3-4-9-23)16-6-5-7-20-12-16/h5-7,12-13,15,18H,2-4,8-11,14H2,1H3,(H,21,25). The molecule has 1 aliphatic heterocycles. The number of hydrogen-bond acceptors (Lipinski definition) is 5. The smallest absolute Gasteiger partial charge is 0.254 e. The minimum atomic E-state index is -0.0965. The SMILES string of the molecule is CCOCCn1cc(C(=O)NCC(c2cccnc2)N2CCCC2)cn1. The first-order valence-corrected chi connectivity index (χ1v) is 9.30. The third-order valence-electron chi connectivity index (χ3n) is 4.67. The van der Waals surface area contributed by atoms with E-state index in [0.717, 1.165) is 18.7 Å². The lowest BCUT2D eigenvalue weighted by molar-refractivity contribution is 0.0937. The molecule has 0 aliphatic carbocycles. The molecule has 7 heteroatoms. The van der Waals surface area contributed by atoms with E-state index in [1.54, 1.807) is 23.3 Å². The normalized spacial score (nSPS) is 15.9. The summed E-state index contributed by atoms with van der Waals surface area (Å²) in [4.78, 5) is 19.2. The Morgan fingerprint density at radius 2 is 2.19 bits per heavy atom. The van der Waals surface area contributed by atoms with Gasteiger partial charge in [-0.15, -0.1) is 0 Å². The molecule has 0 saturated carbocycles. The highest BCUT2D eigenvalue weighted by Gasteiger charge is 2.24. The Bertz CT molecular complexity index is 682. The van der Waals surface area contributed by atoms with Crippen LogP contribution >= 0.6 is 0 Å². The van der Waals surface area contributed by atoms with Gasteiger partial charge in [0.1, 0.15) is 0 Å². The number of nitrogens with one attached hydrogen (secondary N) is 1. The fourth-order valence-electron chi connectivity index (χ4n) is 3.28. The number of pyridine rings is 1. The van der Waals surface area contributed by atoms with Crippen molar-refractivity contribution in [2.24, 2.45) is 0 Å². The minimum Gasteiger partial charge on any atom is -0.380 e. The van der Waals surface area contributed by atoms with Crippen molar-refractivity contribution in [2.75, 3.05) is 32.8 Å². The van der Waals surface area contributed by atoms with Gasteiger partial charge in [-0.2, -0.15) is 5.10 Å². The summed E-state index contributed by atoms with van der Waals surface area (Å²) in [6, 6.07) is 4.18. The molecule has 7 nitrogen and oxygen atoms in total. The molecular formula is C19H27N5O2. The lowest BCUT2D eigenvalue weighted by Gasteiger charge is -2.27. The molecule has 0 aromatic carbocycles. The van der Waals surface area contributed by atoms with Gasteiger partial charge in [0, 0.05) is 31.7 Å². The molecule has 0 radical (unpaired) electrons. The zero-order valence-electron chi connectivity index (χ0n) is 15.3. The monoisotopic (exact) mass is 357 g/mol. The van der Waals surface area contributed by atoms with Crippen LogP contribution in [0.15, 0.2) is 36.9 Å². The van der Waals surface area contributed by atoms with Gasteiger partial charge < -0.3 is 10.1 Å². The van der Waals surface area contributed by atoms with Gasteiger partial charge in [0.15, 0.2) is 0 Å². The maximum Gasteiger partial charge on any atom is 0.254 e. The van der Waals surface area contributed by atoms with Gasteiger partial charge >= 0.3 is 0 Å². The molecule has 1 N–H and O–H groups in total. The van der Waals surface area contributed by atoms with Crippen LogP contribution in [0.3, 0.4) is 0 Å². The number of carbonyl (C=O) groups is 1. The summed E-state index contributed by atoms with van der Waals surface area (Å²) in [5, 5.41) is 7.29. The van der Waals surface area contributed by atoms with E-state index in [9.17, 15) is 4.79 Å². The van der Waals surface area contributed by atoms with Gasteiger partial charge in [0.05, 0.1) is 31.0 Å². The number of amides is 1. The molecule has 0 spiro atoms. The maximum absolute atomic E-state index is 12.5. The number of nitrogens with zero attached hydrogens (tertiary/aromatic N) is 4. The summed E-state index contributed by atoms with van der Waals surface area (Å²) < 4.78 is 7.06. The summed E-state index contributed by atoms with van der Waals surface area (Å²) >= 11 is 0. The number of rotatable bonds is 9. The van der Waals surface area contributed by atoms with Crippen molar-refractivity contribution in [3.05, 3.63) is 48.0 Å². The van der Waals surface area contributed by atoms with E-state index in [1.165, 1.54) is 12.8 Å². The van der Waals surface area contributed by atoms with Crippen molar-refractivity contribution in [1.29, 1.82) is 0 Å². The Kier molecular flexibility index (Phi) is 6.74. The van der Waals surface area contributed by atoms with Crippen LogP contribution in [0.25, 0.3) is 0 Å². The first-order valence-electron chi connectivity index (χ1n) is 9.30. The topological polar surface area (TPSA) is 72.3 Å². The third-order valence-corrected chi connectivity index (χ3v) is 4.67. The zero-order chi connectivity index (χ0) is 18.2. The largest absolute Gasteiger partial charge is 0.380 e. The Hall–Kier alpha value is -2.25. The number of carbonyl (C=O) groups excluding carboxylic acids is 1. The summed E-state index contributed by atoms with van der Waals surface area (Å²) in [5.41, 5.74) is 1.72. The second-order valence-electron chi connectivity index (χ2n) is 6.44. The lowest BCUT2D eigenvalue weighted by atomic mass is 10.1. The first kappa shape index (κ1) is 18.5. The molecule has 1 fully saturated rings.